The molecule has 0 atom stereocenters. The van der Waals surface area contributed by atoms with Crippen LogP contribution in [-0.2, 0) is 9.59 Å². The van der Waals surface area contributed by atoms with Gasteiger partial charge in [0.25, 0.3) is 0 Å². The van der Waals surface area contributed by atoms with Crippen LogP contribution in [0.2, 0.25) is 0 Å². The molecule has 1 aliphatic heterocycles. The zero-order chi connectivity index (χ0) is 15.8. The second-order valence-corrected chi connectivity index (χ2v) is 5.85. The Morgan fingerprint density at radius 1 is 0.909 bits per heavy atom. The Kier molecular flexibility index (Phi) is 6.40. The van der Waals surface area contributed by atoms with Crippen LogP contribution in [0.4, 0.5) is 11.4 Å². The summed E-state index contributed by atoms with van der Waals surface area (Å²) in [7, 11) is 0. The van der Waals surface area contributed by atoms with E-state index >= 15 is 0 Å². The van der Waals surface area contributed by atoms with Gasteiger partial charge in [0.1, 0.15) is 0 Å². The number of benzene rings is 1. The number of amides is 2. The van der Waals surface area contributed by atoms with Crippen LogP contribution in [0.25, 0.3) is 0 Å². The first kappa shape index (κ1) is 16.5. The molecule has 5 heteroatoms. The highest BCUT2D eigenvalue weighted by molar-refractivity contribution is 5.93. The number of carbonyl (C=O) groups is 2. The summed E-state index contributed by atoms with van der Waals surface area (Å²) in [4.78, 5) is 25.3. The molecule has 1 heterocycles. The lowest BCUT2D eigenvalue weighted by molar-refractivity contribution is -0.117. The summed E-state index contributed by atoms with van der Waals surface area (Å²) in [6, 6.07) is 7.17. The molecule has 2 amide bonds. The summed E-state index contributed by atoms with van der Waals surface area (Å²) < 4.78 is 0. The van der Waals surface area contributed by atoms with Gasteiger partial charge in [-0.25, -0.2) is 0 Å². The van der Waals surface area contributed by atoms with E-state index < -0.39 is 0 Å². The molecule has 5 nitrogen and oxygen atoms in total. The van der Waals surface area contributed by atoms with Crippen molar-refractivity contribution in [3.05, 3.63) is 24.3 Å². The van der Waals surface area contributed by atoms with Gasteiger partial charge < -0.3 is 10.6 Å². The molecule has 0 radical (unpaired) electrons. The van der Waals surface area contributed by atoms with Gasteiger partial charge in [0.2, 0.25) is 11.8 Å². The Balaban J connectivity index is 1.81. The second-order valence-electron chi connectivity index (χ2n) is 5.85. The fraction of sp³-hybridized carbons (Fsp3) is 0.529. The van der Waals surface area contributed by atoms with Crippen molar-refractivity contribution in [2.75, 3.05) is 30.3 Å². The van der Waals surface area contributed by atoms with Crippen LogP contribution in [0, 0.1) is 0 Å². The van der Waals surface area contributed by atoms with E-state index in [-0.39, 0.29) is 11.8 Å². The first-order valence-corrected chi connectivity index (χ1v) is 8.03. The third kappa shape index (κ3) is 5.85. The molecule has 1 aromatic rings. The van der Waals surface area contributed by atoms with Gasteiger partial charge in [0.05, 0.1) is 6.54 Å². The summed E-state index contributed by atoms with van der Waals surface area (Å²) in [5.41, 5.74) is 1.49. The normalized spacial score (nSPS) is 16.4. The van der Waals surface area contributed by atoms with Crippen LogP contribution in [0.15, 0.2) is 24.3 Å². The first-order chi connectivity index (χ1) is 10.6. The van der Waals surface area contributed by atoms with E-state index in [0.29, 0.717) is 6.54 Å². The number of hydrogen-bond donors (Lipinski definition) is 2. The zero-order valence-corrected chi connectivity index (χ0v) is 13.2. The average Bonchev–Trinajstić information content (AvgIpc) is 2.43. The molecule has 0 aliphatic carbocycles. The topological polar surface area (TPSA) is 61.4 Å². The van der Waals surface area contributed by atoms with Crippen LogP contribution >= 0.6 is 0 Å². The van der Waals surface area contributed by atoms with Gasteiger partial charge in [-0.1, -0.05) is 19.3 Å². The third-order valence-electron chi connectivity index (χ3n) is 3.80. The van der Waals surface area contributed by atoms with Crippen molar-refractivity contribution in [2.24, 2.45) is 0 Å². The van der Waals surface area contributed by atoms with Gasteiger partial charge in [-0.05, 0) is 50.2 Å². The molecular weight excluding hydrogens is 278 g/mol. The minimum Gasteiger partial charge on any atom is -0.326 e. The number of nitrogens with zero attached hydrogens (tertiary/aromatic N) is 1. The lowest BCUT2D eigenvalue weighted by atomic mass is 10.1. The molecule has 22 heavy (non-hydrogen) atoms. The monoisotopic (exact) mass is 303 g/mol. The third-order valence-corrected chi connectivity index (χ3v) is 3.80. The number of likely N-dealkylation sites (tertiary alicyclic amines) is 1. The van der Waals surface area contributed by atoms with Crippen molar-refractivity contribution < 1.29 is 9.59 Å². The number of rotatable bonds is 4. The van der Waals surface area contributed by atoms with E-state index in [4.69, 9.17) is 0 Å². The maximum atomic E-state index is 12.1. The number of hydrogen-bond acceptors (Lipinski definition) is 3. The molecular formula is C17H25N3O2. The van der Waals surface area contributed by atoms with Crippen LogP contribution < -0.4 is 10.6 Å². The maximum Gasteiger partial charge on any atom is 0.238 e. The number of carbonyl (C=O) groups excluding carboxylic acids is 2. The van der Waals surface area contributed by atoms with Gasteiger partial charge in [0.15, 0.2) is 0 Å². The molecule has 0 unspecified atom stereocenters. The minimum absolute atomic E-state index is 0.0212. The molecule has 0 spiro atoms. The summed E-state index contributed by atoms with van der Waals surface area (Å²) in [6.07, 6.45) is 6.21. The van der Waals surface area contributed by atoms with Gasteiger partial charge in [-0.3, -0.25) is 14.5 Å². The Labute approximate surface area is 132 Å². The smallest absolute Gasteiger partial charge is 0.238 e. The predicted molar refractivity (Wildman–Crippen MR) is 88.9 cm³/mol. The minimum atomic E-state index is -0.103. The fourth-order valence-electron chi connectivity index (χ4n) is 2.71. The standard InChI is InChI=1S/C17H25N3O2/c1-14(21)18-15-7-9-16(10-8-15)19-17(22)13-20-11-5-3-2-4-6-12-20/h7-10H,2-6,11-13H2,1H3,(H,18,21)(H,19,22). The highest BCUT2D eigenvalue weighted by atomic mass is 16.2. The van der Waals surface area contributed by atoms with Gasteiger partial charge in [-0.2, -0.15) is 0 Å². The Morgan fingerprint density at radius 2 is 1.41 bits per heavy atom. The molecule has 2 N–H and O–H groups in total. The lowest BCUT2D eigenvalue weighted by Gasteiger charge is -2.23. The molecule has 120 valence electrons. The summed E-state index contributed by atoms with van der Waals surface area (Å²) in [6.45, 7) is 3.94. The van der Waals surface area contributed by atoms with Gasteiger partial charge >= 0.3 is 0 Å². The van der Waals surface area contributed by atoms with E-state index in [1.807, 2.05) is 0 Å². The summed E-state index contributed by atoms with van der Waals surface area (Å²) in [5.74, 6) is -0.0817. The Morgan fingerprint density at radius 3 is 1.95 bits per heavy atom. The van der Waals surface area contributed by atoms with Crippen molar-refractivity contribution in [1.29, 1.82) is 0 Å². The molecule has 1 saturated heterocycles. The highest BCUT2D eigenvalue weighted by Gasteiger charge is 2.12. The van der Waals surface area contributed by atoms with Gasteiger partial charge in [-0.15, -0.1) is 0 Å². The average molecular weight is 303 g/mol. The van der Waals surface area contributed by atoms with E-state index in [2.05, 4.69) is 15.5 Å². The van der Waals surface area contributed by atoms with Crippen LogP contribution in [0.1, 0.15) is 39.0 Å². The number of anilines is 2. The zero-order valence-electron chi connectivity index (χ0n) is 13.2. The van der Waals surface area contributed by atoms with Crippen LogP contribution in [0.3, 0.4) is 0 Å². The predicted octanol–water partition coefficient (Wildman–Crippen LogP) is 2.85. The van der Waals surface area contributed by atoms with E-state index in [0.717, 1.165) is 24.5 Å². The van der Waals surface area contributed by atoms with E-state index in [9.17, 15) is 9.59 Å². The van der Waals surface area contributed by atoms with Crippen LogP contribution in [0.5, 0.6) is 0 Å². The molecule has 2 rings (SSSR count). The Bertz CT molecular complexity index is 491. The van der Waals surface area contributed by atoms with Gasteiger partial charge in [0, 0.05) is 18.3 Å². The SMILES string of the molecule is CC(=O)Nc1ccc(NC(=O)CN2CCCCCCC2)cc1. The second kappa shape index (κ2) is 8.54. The Hall–Kier alpha value is -1.88. The summed E-state index contributed by atoms with van der Waals surface area (Å²) in [5, 5.41) is 5.62. The molecule has 0 aromatic heterocycles. The molecule has 1 aliphatic rings. The highest BCUT2D eigenvalue weighted by Crippen LogP contribution is 2.14. The van der Waals surface area contributed by atoms with Crippen molar-refractivity contribution in [3.63, 3.8) is 0 Å². The first-order valence-electron chi connectivity index (χ1n) is 8.03. The molecule has 0 saturated carbocycles. The van der Waals surface area contributed by atoms with Crippen molar-refractivity contribution in [1.82, 2.24) is 4.90 Å². The molecule has 1 aromatic carbocycles. The van der Waals surface area contributed by atoms with Crippen molar-refractivity contribution in [3.8, 4) is 0 Å². The maximum absolute atomic E-state index is 12.1. The lowest BCUT2D eigenvalue weighted by Crippen LogP contribution is -2.35. The molecule has 1 fully saturated rings. The summed E-state index contributed by atoms with van der Waals surface area (Å²) >= 11 is 0. The molecule has 0 bridgehead atoms. The van der Waals surface area contributed by atoms with Crippen molar-refractivity contribution >= 4 is 23.2 Å². The number of nitrogens with one attached hydrogen (secondary N) is 2. The van der Waals surface area contributed by atoms with E-state index in [1.165, 1.54) is 39.0 Å². The van der Waals surface area contributed by atoms with Crippen LogP contribution in [-0.4, -0.2) is 36.3 Å². The fourth-order valence-corrected chi connectivity index (χ4v) is 2.71. The van der Waals surface area contributed by atoms with Crippen molar-refractivity contribution in [2.45, 2.75) is 39.0 Å². The van der Waals surface area contributed by atoms with E-state index in [1.54, 1.807) is 24.3 Å². The quantitative estimate of drug-likeness (QED) is 0.899. The largest absolute Gasteiger partial charge is 0.326 e.